The van der Waals surface area contributed by atoms with E-state index in [1.165, 1.54) is 116 Å². The molecule has 2 aromatic rings. The summed E-state index contributed by atoms with van der Waals surface area (Å²) >= 11 is 0. The number of rotatable bonds is 20. The predicted octanol–water partition coefficient (Wildman–Crippen LogP) is 10.6. The van der Waals surface area contributed by atoms with Crippen molar-refractivity contribution < 1.29 is 42.1 Å². The van der Waals surface area contributed by atoms with Crippen molar-refractivity contribution >= 4 is 0 Å². The van der Waals surface area contributed by atoms with Gasteiger partial charge in [0.15, 0.2) is 0 Å². The van der Waals surface area contributed by atoms with Gasteiger partial charge in [0.25, 0.3) is 0 Å². The first kappa shape index (κ1) is 44.1. The number of phenolic OH excluding ortho intramolecular Hbond substituents is 2. The molecule has 0 radical (unpaired) electrons. The second-order valence-corrected chi connectivity index (χ2v) is 10.5. The molecule has 4 nitrogen and oxygen atoms in total. The fourth-order valence-corrected chi connectivity index (χ4v) is 4.05. The summed E-state index contributed by atoms with van der Waals surface area (Å²) in [5, 5.41) is 34.4. The number of benzene rings is 2. The second-order valence-electron chi connectivity index (χ2n) is 10.5. The molecule has 0 saturated carbocycles. The van der Waals surface area contributed by atoms with E-state index in [2.05, 4.69) is 13.8 Å². The molecule has 5 heteroatoms. The summed E-state index contributed by atoms with van der Waals surface area (Å²) in [4.78, 5) is 0. The molecule has 0 aliphatic carbocycles. The van der Waals surface area contributed by atoms with Gasteiger partial charge in [0, 0.05) is 34.9 Å². The normalized spacial score (nSPS) is 9.66. The molecule has 0 amide bonds. The van der Waals surface area contributed by atoms with Crippen LogP contribution in [-0.2, 0) is 21.7 Å². The average molecular weight is 609 g/mol. The van der Waals surface area contributed by atoms with Gasteiger partial charge in [-0.15, -0.1) is 0 Å². The van der Waals surface area contributed by atoms with Crippen LogP contribution < -0.4 is 0 Å². The predicted molar refractivity (Wildman–Crippen MR) is 174 cm³/mol. The molecule has 2 aromatic carbocycles. The Morgan fingerprint density at radius 1 is 0.366 bits per heavy atom. The van der Waals surface area contributed by atoms with Gasteiger partial charge >= 0.3 is 0 Å². The summed E-state index contributed by atoms with van der Waals surface area (Å²) in [6.45, 7) is 5.26. The summed E-state index contributed by atoms with van der Waals surface area (Å²) in [5.41, 5.74) is 0. The molecule has 0 fully saturated rings. The van der Waals surface area contributed by atoms with Crippen LogP contribution in [0.4, 0.5) is 0 Å². The zero-order valence-electron chi connectivity index (χ0n) is 26.6. The number of aromatic hydroxyl groups is 2. The van der Waals surface area contributed by atoms with E-state index < -0.39 is 0 Å². The molecule has 0 atom stereocenters. The van der Waals surface area contributed by atoms with Crippen molar-refractivity contribution in [3.63, 3.8) is 0 Å². The van der Waals surface area contributed by atoms with E-state index in [0.29, 0.717) is 24.7 Å². The molecule has 41 heavy (non-hydrogen) atoms. The van der Waals surface area contributed by atoms with Crippen LogP contribution in [-0.4, -0.2) is 33.6 Å². The van der Waals surface area contributed by atoms with E-state index in [1.54, 1.807) is 48.5 Å². The molecular weight excluding hydrogens is 544 g/mol. The Morgan fingerprint density at radius 2 is 0.585 bits per heavy atom. The third-order valence-corrected chi connectivity index (χ3v) is 6.54. The topological polar surface area (TPSA) is 80.9 Å². The van der Waals surface area contributed by atoms with Crippen LogP contribution in [0.2, 0.25) is 0 Å². The molecular formula is C36H64O4Ti. The quantitative estimate of drug-likeness (QED) is 0.0890. The van der Waals surface area contributed by atoms with Gasteiger partial charge in [-0.05, 0) is 37.1 Å². The van der Waals surface area contributed by atoms with Crippen molar-refractivity contribution in [1.82, 2.24) is 0 Å². The molecule has 0 spiro atoms. The van der Waals surface area contributed by atoms with Gasteiger partial charge in [-0.25, -0.2) is 0 Å². The molecule has 0 unspecified atom stereocenters. The van der Waals surface area contributed by atoms with Crippen molar-refractivity contribution in [2.45, 2.75) is 142 Å². The van der Waals surface area contributed by atoms with Crippen molar-refractivity contribution in [1.29, 1.82) is 0 Å². The van der Waals surface area contributed by atoms with Crippen LogP contribution in [0.15, 0.2) is 60.7 Å². The number of phenols is 2. The number of hydrogen-bond donors (Lipinski definition) is 4. The average Bonchev–Trinajstić information content (AvgIpc) is 2.97. The fraction of sp³-hybridized carbons (Fsp3) is 0.667. The monoisotopic (exact) mass is 608 g/mol. The van der Waals surface area contributed by atoms with Crippen molar-refractivity contribution in [2.24, 2.45) is 0 Å². The number of aliphatic hydroxyl groups excluding tert-OH is 2. The third-order valence-electron chi connectivity index (χ3n) is 6.54. The molecule has 0 aliphatic rings. The number of unbranched alkanes of at least 4 members (excludes halogenated alkanes) is 18. The fourth-order valence-electron chi connectivity index (χ4n) is 4.05. The zero-order chi connectivity index (χ0) is 29.8. The maximum atomic E-state index is 8.63. The summed E-state index contributed by atoms with van der Waals surface area (Å²) in [5.74, 6) is 0.644. The zero-order valence-corrected chi connectivity index (χ0v) is 28.2. The number of para-hydroxylation sites is 2. The first-order chi connectivity index (χ1) is 19.6. The molecule has 4 N–H and O–H groups in total. The van der Waals surface area contributed by atoms with E-state index in [9.17, 15) is 0 Å². The van der Waals surface area contributed by atoms with Crippen molar-refractivity contribution in [3.8, 4) is 11.5 Å². The minimum absolute atomic E-state index is 0. The molecule has 0 bridgehead atoms. The standard InChI is InChI=1S/2C12H26O.2C6H6O.Ti/c2*1-2-3-4-5-6-7-8-9-10-11-12-13;2*7-6-4-2-1-3-5-6;/h2*13H,2-12H2,1H3;2*1-5,7H;. The van der Waals surface area contributed by atoms with Crippen LogP contribution in [0.5, 0.6) is 11.5 Å². The molecule has 0 saturated heterocycles. The van der Waals surface area contributed by atoms with Crippen molar-refractivity contribution in [3.05, 3.63) is 60.7 Å². The minimum Gasteiger partial charge on any atom is -0.508 e. The molecule has 0 aromatic heterocycles. The Morgan fingerprint density at radius 3 is 0.756 bits per heavy atom. The Kier molecular flexibility index (Phi) is 43.9. The van der Waals surface area contributed by atoms with Crippen molar-refractivity contribution in [2.75, 3.05) is 13.2 Å². The first-order valence-electron chi connectivity index (χ1n) is 16.3. The third kappa shape index (κ3) is 43.3. The van der Waals surface area contributed by atoms with Gasteiger partial charge in [-0.1, -0.05) is 166 Å². The summed E-state index contributed by atoms with van der Waals surface area (Å²) in [6, 6.07) is 17.4. The Hall–Kier alpha value is -1.33. The second kappa shape index (κ2) is 40.8. The summed E-state index contributed by atoms with van der Waals surface area (Å²) in [7, 11) is 0. The van der Waals surface area contributed by atoms with Crippen LogP contribution in [0.3, 0.4) is 0 Å². The Balaban J connectivity index is -0.000000482. The number of hydrogen-bond acceptors (Lipinski definition) is 4. The number of aliphatic hydroxyl groups is 2. The van der Waals surface area contributed by atoms with Crippen LogP contribution in [0, 0.1) is 0 Å². The molecule has 0 aliphatic heterocycles. The Bertz CT molecular complexity index is 590. The van der Waals surface area contributed by atoms with Gasteiger partial charge in [0.1, 0.15) is 11.5 Å². The van der Waals surface area contributed by atoms with E-state index in [-0.39, 0.29) is 21.7 Å². The minimum atomic E-state index is 0. The maximum Gasteiger partial charge on any atom is 0.115 e. The summed E-state index contributed by atoms with van der Waals surface area (Å²) < 4.78 is 0. The van der Waals surface area contributed by atoms with Crippen LogP contribution >= 0.6 is 0 Å². The Labute approximate surface area is 268 Å². The smallest absolute Gasteiger partial charge is 0.115 e. The maximum absolute atomic E-state index is 8.63. The molecule has 2 rings (SSSR count). The largest absolute Gasteiger partial charge is 0.508 e. The van der Waals surface area contributed by atoms with Crippen LogP contribution in [0.25, 0.3) is 0 Å². The van der Waals surface area contributed by atoms with Gasteiger partial charge < -0.3 is 20.4 Å². The molecule has 0 heterocycles. The van der Waals surface area contributed by atoms with E-state index in [0.717, 1.165) is 12.8 Å². The first-order valence-corrected chi connectivity index (χ1v) is 16.3. The van der Waals surface area contributed by atoms with Crippen LogP contribution in [0.1, 0.15) is 142 Å². The van der Waals surface area contributed by atoms with E-state index in [1.807, 2.05) is 12.1 Å². The van der Waals surface area contributed by atoms with Gasteiger partial charge in [-0.2, -0.15) is 0 Å². The SMILES string of the molecule is CCCCCCCCCCCCO.CCCCCCCCCCCCO.Oc1ccccc1.Oc1ccccc1.[Ti]. The van der Waals surface area contributed by atoms with Gasteiger partial charge in [0.05, 0.1) is 0 Å². The summed E-state index contributed by atoms with van der Waals surface area (Å²) in [6.07, 6.45) is 26.6. The van der Waals surface area contributed by atoms with E-state index in [4.69, 9.17) is 20.4 Å². The van der Waals surface area contributed by atoms with Gasteiger partial charge in [-0.3, -0.25) is 0 Å². The van der Waals surface area contributed by atoms with Gasteiger partial charge in [0.2, 0.25) is 0 Å². The van der Waals surface area contributed by atoms with E-state index >= 15 is 0 Å². The molecule has 236 valence electrons.